The van der Waals surface area contributed by atoms with Crippen LogP contribution in [0.25, 0.3) is 5.69 Å². The van der Waals surface area contributed by atoms with E-state index >= 15 is 0 Å². The van der Waals surface area contributed by atoms with Crippen LogP contribution < -0.4 is 5.73 Å². The molecule has 0 spiro atoms. The highest BCUT2D eigenvalue weighted by Gasteiger charge is 2.30. The van der Waals surface area contributed by atoms with E-state index in [1.54, 1.807) is 4.68 Å². The van der Waals surface area contributed by atoms with Crippen LogP contribution in [0.2, 0.25) is 0 Å². The maximum absolute atomic E-state index is 12.7. The Hall–Kier alpha value is -2.14. The molecule has 1 aromatic carbocycles. The van der Waals surface area contributed by atoms with E-state index in [1.807, 2.05) is 48.4 Å². The van der Waals surface area contributed by atoms with Crippen LogP contribution in [0.3, 0.4) is 0 Å². The molecule has 0 bridgehead atoms. The average Bonchev–Trinajstić information content (AvgIpc) is 3.13. The number of likely N-dealkylation sites (tertiary alicyclic amines) is 1. The topological polar surface area (TPSA) is 64.2 Å². The number of benzene rings is 1. The highest BCUT2D eigenvalue weighted by molar-refractivity contribution is 5.95. The lowest BCUT2D eigenvalue weighted by Crippen LogP contribution is -2.40. The number of nitrogens with zero attached hydrogens (tertiary/aromatic N) is 3. The molecule has 5 nitrogen and oxygen atoms in total. The number of hydrogen-bond donors (Lipinski definition) is 1. The Labute approximate surface area is 124 Å². The lowest BCUT2D eigenvalue weighted by molar-refractivity contribution is 0.0740. The summed E-state index contributed by atoms with van der Waals surface area (Å²) in [7, 11) is 0. The molecule has 0 radical (unpaired) electrons. The molecule has 2 heterocycles. The number of hydrogen-bond acceptors (Lipinski definition) is 3. The van der Waals surface area contributed by atoms with Gasteiger partial charge in [0, 0.05) is 25.3 Å². The second-order valence-electron chi connectivity index (χ2n) is 5.44. The van der Waals surface area contributed by atoms with Crippen molar-refractivity contribution in [3.8, 4) is 5.69 Å². The van der Waals surface area contributed by atoms with E-state index in [-0.39, 0.29) is 11.9 Å². The predicted octanol–water partition coefficient (Wildman–Crippen LogP) is 1.74. The molecule has 1 aliphatic heterocycles. The van der Waals surface area contributed by atoms with Gasteiger partial charge in [-0.3, -0.25) is 4.79 Å². The van der Waals surface area contributed by atoms with E-state index in [9.17, 15) is 4.79 Å². The average molecular weight is 284 g/mol. The fourth-order valence-corrected chi connectivity index (χ4v) is 2.89. The van der Waals surface area contributed by atoms with E-state index < -0.39 is 0 Å². The fourth-order valence-electron chi connectivity index (χ4n) is 2.89. The van der Waals surface area contributed by atoms with Gasteiger partial charge >= 0.3 is 0 Å². The van der Waals surface area contributed by atoms with Crippen LogP contribution in [-0.2, 0) is 0 Å². The number of amides is 1. The summed E-state index contributed by atoms with van der Waals surface area (Å²) in [6.07, 6.45) is 3.84. The van der Waals surface area contributed by atoms with E-state index in [1.165, 1.54) is 0 Å². The van der Waals surface area contributed by atoms with Crippen LogP contribution >= 0.6 is 0 Å². The number of aromatic nitrogens is 2. The molecule has 1 aromatic heterocycles. The van der Waals surface area contributed by atoms with E-state index in [4.69, 9.17) is 5.73 Å². The van der Waals surface area contributed by atoms with Gasteiger partial charge in [-0.25, -0.2) is 4.68 Å². The highest BCUT2D eigenvalue weighted by Crippen LogP contribution is 2.21. The Bertz CT molecular complexity index is 635. The Morgan fingerprint density at radius 3 is 2.86 bits per heavy atom. The first kappa shape index (κ1) is 13.8. The summed E-state index contributed by atoms with van der Waals surface area (Å²) in [6, 6.07) is 9.98. The third kappa shape index (κ3) is 2.56. The number of para-hydroxylation sites is 1. The summed E-state index contributed by atoms with van der Waals surface area (Å²) >= 11 is 0. The molecule has 110 valence electrons. The zero-order valence-electron chi connectivity index (χ0n) is 12.2. The molecule has 1 atom stereocenters. The van der Waals surface area contributed by atoms with Gasteiger partial charge in [0.05, 0.1) is 16.9 Å². The van der Waals surface area contributed by atoms with E-state index in [2.05, 4.69) is 5.10 Å². The Balaban J connectivity index is 1.89. The summed E-state index contributed by atoms with van der Waals surface area (Å²) in [4.78, 5) is 14.6. The van der Waals surface area contributed by atoms with Crippen molar-refractivity contribution in [2.75, 3.05) is 13.1 Å². The van der Waals surface area contributed by atoms with Crippen molar-refractivity contribution < 1.29 is 4.79 Å². The summed E-state index contributed by atoms with van der Waals surface area (Å²) in [5, 5.41) is 4.46. The Kier molecular flexibility index (Phi) is 3.75. The van der Waals surface area contributed by atoms with Gasteiger partial charge in [-0.1, -0.05) is 18.2 Å². The largest absolute Gasteiger partial charge is 0.334 e. The zero-order valence-corrected chi connectivity index (χ0v) is 12.2. The number of rotatable bonds is 3. The molecule has 1 amide bonds. The van der Waals surface area contributed by atoms with Crippen molar-refractivity contribution in [1.82, 2.24) is 14.7 Å². The van der Waals surface area contributed by atoms with Crippen LogP contribution in [0.1, 0.15) is 28.9 Å². The van der Waals surface area contributed by atoms with E-state index in [0.717, 1.165) is 30.8 Å². The molecule has 0 aliphatic carbocycles. The van der Waals surface area contributed by atoms with Gasteiger partial charge in [0.2, 0.25) is 0 Å². The molecule has 1 saturated heterocycles. The first-order chi connectivity index (χ1) is 10.2. The van der Waals surface area contributed by atoms with Crippen molar-refractivity contribution in [2.45, 2.75) is 25.8 Å². The van der Waals surface area contributed by atoms with Gasteiger partial charge in [-0.05, 0) is 31.9 Å². The maximum Gasteiger partial charge on any atom is 0.257 e. The molecule has 5 heteroatoms. The Morgan fingerprint density at radius 1 is 1.38 bits per heavy atom. The minimum atomic E-state index is 0.0441. The van der Waals surface area contributed by atoms with Gasteiger partial charge in [0.25, 0.3) is 5.91 Å². The first-order valence-corrected chi connectivity index (χ1v) is 7.33. The normalized spacial score (nSPS) is 18.2. The van der Waals surface area contributed by atoms with Crippen molar-refractivity contribution >= 4 is 5.91 Å². The number of nitrogens with two attached hydrogens (primary N) is 1. The lowest BCUT2D eigenvalue weighted by Gasteiger charge is -2.23. The molecule has 21 heavy (non-hydrogen) atoms. The van der Waals surface area contributed by atoms with Gasteiger partial charge in [0.1, 0.15) is 0 Å². The monoisotopic (exact) mass is 284 g/mol. The second-order valence-corrected chi connectivity index (χ2v) is 5.44. The third-order valence-corrected chi connectivity index (χ3v) is 4.06. The maximum atomic E-state index is 12.7. The standard InChI is InChI=1S/C16H20N4O/c1-12-15(16(21)19-9-5-8-14(19)10-17)11-20(18-12)13-6-3-2-4-7-13/h2-4,6-7,11,14H,5,8-10,17H2,1H3. The van der Waals surface area contributed by atoms with Crippen molar-refractivity contribution in [3.05, 3.63) is 47.8 Å². The quantitative estimate of drug-likeness (QED) is 0.934. The minimum absolute atomic E-state index is 0.0441. The number of carbonyl (C=O) groups excluding carboxylic acids is 1. The summed E-state index contributed by atoms with van der Waals surface area (Å²) < 4.78 is 1.76. The molecule has 2 aromatic rings. The van der Waals surface area contributed by atoms with Gasteiger partial charge in [0.15, 0.2) is 0 Å². The highest BCUT2D eigenvalue weighted by atomic mass is 16.2. The van der Waals surface area contributed by atoms with Gasteiger partial charge in [-0.15, -0.1) is 0 Å². The summed E-state index contributed by atoms with van der Waals surface area (Å²) in [5.41, 5.74) is 8.14. The number of aryl methyl sites for hydroxylation is 1. The molecule has 1 aliphatic rings. The Morgan fingerprint density at radius 2 is 2.14 bits per heavy atom. The molecule has 1 fully saturated rings. The van der Waals surface area contributed by atoms with Crippen molar-refractivity contribution in [2.24, 2.45) is 5.73 Å². The SMILES string of the molecule is Cc1nn(-c2ccccc2)cc1C(=O)N1CCCC1CN. The minimum Gasteiger partial charge on any atom is -0.334 e. The van der Waals surface area contributed by atoms with Crippen LogP contribution in [0.15, 0.2) is 36.5 Å². The molecule has 0 saturated carbocycles. The summed E-state index contributed by atoms with van der Waals surface area (Å²) in [5.74, 6) is 0.0441. The molecule has 1 unspecified atom stereocenters. The smallest absolute Gasteiger partial charge is 0.257 e. The lowest BCUT2D eigenvalue weighted by atomic mass is 10.2. The number of carbonyl (C=O) groups is 1. The van der Waals surface area contributed by atoms with Crippen LogP contribution in [0, 0.1) is 6.92 Å². The van der Waals surface area contributed by atoms with E-state index in [0.29, 0.717) is 12.1 Å². The zero-order chi connectivity index (χ0) is 14.8. The van der Waals surface area contributed by atoms with Crippen molar-refractivity contribution in [1.29, 1.82) is 0 Å². The van der Waals surface area contributed by atoms with Crippen LogP contribution in [-0.4, -0.2) is 39.7 Å². The predicted molar refractivity (Wildman–Crippen MR) is 81.4 cm³/mol. The fraction of sp³-hybridized carbons (Fsp3) is 0.375. The van der Waals surface area contributed by atoms with Crippen molar-refractivity contribution in [3.63, 3.8) is 0 Å². The summed E-state index contributed by atoms with van der Waals surface area (Å²) in [6.45, 7) is 3.19. The van der Waals surface area contributed by atoms with Gasteiger partial charge in [-0.2, -0.15) is 5.10 Å². The molecular weight excluding hydrogens is 264 g/mol. The first-order valence-electron chi connectivity index (χ1n) is 7.33. The van der Waals surface area contributed by atoms with Gasteiger partial charge < -0.3 is 10.6 Å². The van der Waals surface area contributed by atoms with Crippen LogP contribution in [0.4, 0.5) is 0 Å². The second kappa shape index (κ2) is 5.69. The molecule has 2 N–H and O–H groups in total. The molecule has 3 rings (SSSR count). The molecular formula is C16H20N4O. The van der Waals surface area contributed by atoms with Crippen LogP contribution in [0.5, 0.6) is 0 Å². The third-order valence-electron chi connectivity index (χ3n) is 4.06.